The lowest BCUT2D eigenvalue weighted by Crippen LogP contribution is -2.33. The fourth-order valence-electron chi connectivity index (χ4n) is 1.37. The second kappa shape index (κ2) is 4.93. The monoisotopic (exact) mass is 207 g/mol. The van der Waals surface area contributed by atoms with Gasteiger partial charge in [0, 0.05) is 13.2 Å². The Kier molecular flexibility index (Phi) is 4.15. The molecule has 78 valence electrons. The second-order valence-electron chi connectivity index (χ2n) is 3.30. The molecule has 4 nitrogen and oxygen atoms in total. The van der Waals surface area contributed by atoms with Gasteiger partial charge in [-0.2, -0.15) is 0 Å². The topological polar surface area (TPSA) is 55.4 Å². The molecule has 0 amide bonds. The number of hydrogen-bond donors (Lipinski definition) is 1. The highest BCUT2D eigenvalue weighted by atomic mass is 32.2. The van der Waals surface area contributed by atoms with Crippen molar-refractivity contribution in [2.45, 2.75) is 32.3 Å². The fourth-order valence-corrected chi connectivity index (χ4v) is 2.49. The third-order valence-corrected chi connectivity index (χ3v) is 3.58. The van der Waals surface area contributed by atoms with Gasteiger partial charge in [-0.3, -0.25) is 0 Å². The Labute approximate surface area is 79.7 Å². The molecule has 0 bridgehead atoms. The van der Waals surface area contributed by atoms with Gasteiger partial charge in [-0.1, -0.05) is 6.92 Å². The third-order valence-electron chi connectivity index (χ3n) is 2.03. The number of ether oxygens (including phenoxy) is 1. The zero-order valence-corrected chi connectivity index (χ0v) is 8.77. The summed E-state index contributed by atoms with van der Waals surface area (Å²) in [4.78, 5) is 0. The van der Waals surface area contributed by atoms with E-state index in [2.05, 4.69) is 4.72 Å². The summed E-state index contributed by atoms with van der Waals surface area (Å²) in [5, 5.41) is 0. The Bertz CT molecular complexity index is 232. The van der Waals surface area contributed by atoms with Crippen molar-refractivity contribution in [3.05, 3.63) is 0 Å². The van der Waals surface area contributed by atoms with E-state index in [-0.39, 0.29) is 11.9 Å². The third kappa shape index (κ3) is 4.06. The number of nitrogens with one attached hydrogen (secondary N) is 1. The lowest BCUT2D eigenvalue weighted by atomic mass is 10.2. The SMILES string of the molecule is CCCS(=O)(=O)NCC1CCCO1. The molecule has 0 saturated carbocycles. The maximum atomic E-state index is 11.2. The summed E-state index contributed by atoms with van der Waals surface area (Å²) >= 11 is 0. The molecule has 1 saturated heterocycles. The number of sulfonamides is 1. The first-order chi connectivity index (χ1) is 6.14. The van der Waals surface area contributed by atoms with Gasteiger partial charge in [0.25, 0.3) is 0 Å². The molecular formula is C8H17NO3S. The van der Waals surface area contributed by atoms with E-state index in [4.69, 9.17) is 4.74 Å². The van der Waals surface area contributed by atoms with Gasteiger partial charge in [0.2, 0.25) is 10.0 Å². The first-order valence-corrected chi connectivity index (χ1v) is 6.38. The zero-order valence-electron chi connectivity index (χ0n) is 7.95. The van der Waals surface area contributed by atoms with Gasteiger partial charge in [0.05, 0.1) is 11.9 Å². The zero-order chi connectivity index (χ0) is 9.73. The van der Waals surface area contributed by atoms with Crippen LogP contribution >= 0.6 is 0 Å². The van der Waals surface area contributed by atoms with Crippen LogP contribution in [0.4, 0.5) is 0 Å². The van der Waals surface area contributed by atoms with Crippen LogP contribution in [-0.4, -0.2) is 33.4 Å². The van der Waals surface area contributed by atoms with E-state index in [1.165, 1.54) is 0 Å². The molecule has 1 heterocycles. The van der Waals surface area contributed by atoms with Crippen LogP contribution in [0.1, 0.15) is 26.2 Å². The highest BCUT2D eigenvalue weighted by Crippen LogP contribution is 2.10. The standard InChI is InChI=1S/C8H17NO3S/c1-2-6-13(10,11)9-7-8-4-3-5-12-8/h8-9H,2-7H2,1H3. The van der Waals surface area contributed by atoms with E-state index in [1.807, 2.05) is 6.92 Å². The van der Waals surface area contributed by atoms with Crippen LogP contribution in [-0.2, 0) is 14.8 Å². The van der Waals surface area contributed by atoms with Gasteiger partial charge >= 0.3 is 0 Å². The molecule has 0 aromatic heterocycles. The molecule has 0 radical (unpaired) electrons. The molecule has 1 aliphatic rings. The predicted molar refractivity (Wildman–Crippen MR) is 51.1 cm³/mol. The molecule has 1 N–H and O–H groups in total. The van der Waals surface area contributed by atoms with Crippen LogP contribution in [0, 0.1) is 0 Å². The van der Waals surface area contributed by atoms with Crippen molar-refractivity contribution >= 4 is 10.0 Å². The molecule has 5 heteroatoms. The molecule has 0 spiro atoms. The Morgan fingerprint density at radius 3 is 2.85 bits per heavy atom. The highest BCUT2D eigenvalue weighted by molar-refractivity contribution is 7.89. The van der Waals surface area contributed by atoms with E-state index in [0.717, 1.165) is 19.4 Å². The Morgan fingerprint density at radius 2 is 2.31 bits per heavy atom. The second-order valence-corrected chi connectivity index (χ2v) is 5.23. The molecule has 1 aliphatic heterocycles. The number of hydrogen-bond acceptors (Lipinski definition) is 3. The van der Waals surface area contributed by atoms with Crippen LogP contribution in [0.5, 0.6) is 0 Å². The summed E-state index contributed by atoms with van der Waals surface area (Å²) in [5.41, 5.74) is 0. The predicted octanol–water partition coefficient (Wildman–Crippen LogP) is 0.495. The van der Waals surface area contributed by atoms with E-state index in [0.29, 0.717) is 13.0 Å². The van der Waals surface area contributed by atoms with Crippen LogP contribution in [0.3, 0.4) is 0 Å². The van der Waals surface area contributed by atoms with Gasteiger partial charge in [-0.05, 0) is 19.3 Å². The largest absolute Gasteiger partial charge is 0.377 e. The van der Waals surface area contributed by atoms with Crippen molar-refractivity contribution in [1.82, 2.24) is 4.72 Å². The van der Waals surface area contributed by atoms with E-state index in [1.54, 1.807) is 0 Å². The highest BCUT2D eigenvalue weighted by Gasteiger charge is 2.17. The minimum atomic E-state index is -3.05. The fraction of sp³-hybridized carbons (Fsp3) is 1.00. The summed E-state index contributed by atoms with van der Waals surface area (Å²) in [6.45, 7) is 3.05. The minimum Gasteiger partial charge on any atom is -0.377 e. The maximum absolute atomic E-state index is 11.2. The molecule has 1 fully saturated rings. The van der Waals surface area contributed by atoms with Crippen molar-refractivity contribution in [3.8, 4) is 0 Å². The average Bonchev–Trinajstić information content (AvgIpc) is 2.52. The van der Waals surface area contributed by atoms with Crippen LogP contribution in [0.25, 0.3) is 0 Å². The van der Waals surface area contributed by atoms with Crippen molar-refractivity contribution in [1.29, 1.82) is 0 Å². The molecule has 0 aliphatic carbocycles. The van der Waals surface area contributed by atoms with Gasteiger partial charge in [0.15, 0.2) is 0 Å². The van der Waals surface area contributed by atoms with E-state index >= 15 is 0 Å². The average molecular weight is 207 g/mol. The van der Waals surface area contributed by atoms with E-state index in [9.17, 15) is 8.42 Å². The van der Waals surface area contributed by atoms with Gasteiger partial charge in [-0.15, -0.1) is 0 Å². The lowest BCUT2D eigenvalue weighted by Gasteiger charge is -2.10. The van der Waals surface area contributed by atoms with Crippen molar-refractivity contribution in [2.75, 3.05) is 18.9 Å². The Balaban J connectivity index is 2.24. The Morgan fingerprint density at radius 1 is 1.54 bits per heavy atom. The summed E-state index contributed by atoms with van der Waals surface area (Å²) in [6, 6.07) is 0. The first-order valence-electron chi connectivity index (χ1n) is 4.73. The summed E-state index contributed by atoms with van der Waals surface area (Å²) < 4.78 is 30.3. The van der Waals surface area contributed by atoms with Crippen LogP contribution < -0.4 is 4.72 Å². The quantitative estimate of drug-likeness (QED) is 0.714. The maximum Gasteiger partial charge on any atom is 0.211 e. The minimum absolute atomic E-state index is 0.0895. The molecule has 1 atom stereocenters. The van der Waals surface area contributed by atoms with Crippen LogP contribution in [0.2, 0.25) is 0 Å². The van der Waals surface area contributed by atoms with E-state index < -0.39 is 10.0 Å². The molecule has 0 aromatic rings. The van der Waals surface area contributed by atoms with Crippen LogP contribution in [0.15, 0.2) is 0 Å². The molecule has 1 rings (SSSR count). The number of rotatable bonds is 5. The van der Waals surface area contributed by atoms with Crippen molar-refractivity contribution < 1.29 is 13.2 Å². The normalized spacial score (nSPS) is 23.6. The van der Waals surface area contributed by atoms with Crippen molar-refractivity contribution in [3.63, 3.8) is 0 Å². The summed E-state index contributed by atoms with van der Waals surface area (Å²) in [7, 11) is -3.05. The smallest absolute Gasteiger partial charge is 0.211 e. The van der Waals surface area contributed by atoms with Crippen molar-refractivity contribution in [2.24, 2.45) is 0 Å². The summed E-state index contributed by atoms with van der Waals surface area (Å²) in [6.07, 6.45) is 2.75. The molecule has 1 unspecified atom stereocenters. The summed E-state index contributed by atoms with van der Waals surface area (Å²) in [5.74, 6) is 0.208. The first kappa shape index (κ1) is 10.9. The van der Waals surface area contributed by atoms with Gasteiger partial charge < -0.3 is 4.74 Å². The lowest BCUT2D eigenvalue weighted by molar-refractivity contribution is 0.114. The van der Waals surface area contributed by atoms with Gasteiger partial charge in [0.1, 0.15) is 0 Å². The van der Waals surface area contributed by atoms with Gasteiger partial charge in [-0.25, -0.2) is 13.1 Å². The molecule has 13 heavy (non-hydrogen) atoms. The molecular weight excluding hydrogens is 190 g/mol. The Hall–Kier alpha value is -0.130. The molecule has 0 aromatic carbocycles.